The van der Waals surface area contributed by atoms with Crippen molar-refractivity contribution >= 4 is 17.4 Å². The van der Waals surface area contributed by atoms with Gasteiger partial charge in [-0.1, -0.05) is 36.4 Å². The summed E-state index contributed by atoms with van der Waals surface area (Å²) >= 11 is 0. The number of carbonyl (C=O) groups is 1. The first-order valence-corrected chi connectivity index (χ1v) is 7.85. The monoisotopic (exact) mass is 329 g/mol. The minimum atomic E-state index is -0.283. The first-order valence-electron chi connectivity index (χ1n) is 7.85. The van der Waals surface area contributed by atoms with E-state index in [-0.39, 0.29) is 5.91 Å². The molecule has 1 N–H and O–H groups in total. The zero-order valence-corrected chi connectivity index (χ0v) is 13.5. The molecule has 0 saturated carbocycles. The Labute approximate surface area is 144 Å². The number of hydrogen-bond donors (Lipinski definition) is 1. The number of amides is 1. The zero-order chi connectivity index (χ0) is 17.2. The lowest BCUT2D eigenvalue weighted by Gasteiger charge is -2.06. The molecule has 6 nitrogen and oxygen atoms in total. The van der Waals surface area contributed by atoms with Gasteiger partial charge in [-0.25, -0.2) is 14.5 Å². The maximum Gasteiger partial charge on any atom is 0.262 e. The number of benzene rings is 1. The van der Waals surface area contributed by atoms with Gasteiger partial charge in [-0.2, -0.15) is 5.10 Å². The van der Waals surface area contributed by atoms with Crippen LogP contribution in [-0.4, -0.2) is 25.5 Å². The van der Waals surface area contributed by atoms with Crippen LogP contribution in [0.5, 0.6) is 0 Å². The molecule has 0 spiro atoms. The third-order valence-electron chi connectivity index (χ3n) is 3.96. The Morgan fingerprint density at radius 2 is 1.84 bits per heavy atom. The topological polar surface area (TPSA) is 72.2 Å². The van der Waals surface area contributed by atoms with Gasteiger partial charge in [-0.3, -0.25) is 4.79 Å². The first kappa shape index (κ1) is 15.0. The molecule has 0 atom stereocenters. The normalized spacial score (nSPS) is 10.8. The third-order valence-corrected chi connectivity index (χ3v) is 3.96. The van der Waals surface area contributed by atoms with Gasteiger partial charge in [-0.05, 0) is 24.6 Å². The van der Waals surface area contributed by atoms with Gasteiger partial charge in [0.05, 0.1) is 11.9 Å². The number of carbonyl (C=O) groups excluding carboxylic acids is 1. The quantitative estimate of drug-likeness (QED) is 0.625. The van der Waals surface area contributed by atoms with Gasteiger partial charge in [0.25, 0.3) is 5.91 Å². The number of nitrogens with one attached hydrogen (secondary N) is 1. The fraction of sp³-hybridized carbons (Fsp3) is 0.0526. The average Bonchev–Trinajstić information content (AvgIpc) is 3.08. The molecule has 1 aromatic carbocycles. The fourth-order valence-electron chi connectivity index (χ4n) is 2.67. The SMILES string of the molecule is Cc1cccnc1NC(=O)c1cnn2c(-c3ccccc3)ccnc12. The second-order valence-corrected chi connectivity index (χ2v) is 5.61. The van der Waals surface area contributed by atoms with Crippen LogP contribution in [0.2, 0.25) is 0 Å². The Balaban J connectivity index is 1.75. The van der Waals surface area contributed by atoms with Gasteiger partial charge in [0.1, 0.15) is 11.4 Å². The summed E-state index contributed by atoms with van der Waals surface area (Å²) in [7, 11) is 0. The molecule has 0 fully saturated rings. The number of aryl methyl sites for hydroxylation is 1. The van der Waals surface area contributed by atoms with Gasteiger partial charge in [-0.15, -0.1) is 0 Å². The minimum Gasteiger partial charge on any atom is -0.306 e. The van der Waals surface area contributed by atoms with E-state index in [1.807, 2.05) is 55.5 Å². The first-order chi connectivity index (χ1) is 12.2. The maximum absolute atomic E-state index is 12.6. The van der Waals surface area contributed by atoms with E-state index in [2.05, 4.69) is 20.4 Å². The van der Waals surface area contributed by atoms with E-state index in [0.29, 0.717) is 17.0 Å². The molecule has 4 rings (SSSR count). The molecule has 4 aromatic rings. The van der Waals surface area contributed by atoms with Crippen molar-refractivity contribution in [3.05, 3.63) is 78.2 Å². The van der Waals surface area contributed by atoms with E-state index < -0.39 is 0 Å². The molecular formula is C19H15N5O. The van der Waals surface area contributed by atoms with Crippen LogP contribution in [-0.2, 0) is 0 Å². The predicted octanol–water partition coefficient (Wildman–Crippen LogP) is 3.35. The van der Waals surface area contributed by atoms with Crippen molar-refractivity contribution in [2.75, 3.05) is 5.32 Å². The standard InChI is InChI=1S/C19H15N5O/c1-13-6-5-10-20-17(13)23-19(25)15-12-22-24-16(9-11-21-18(15)24)14-7-3-2-4-8-14/h2-12H,1H3,(H,20,23,25). The molecule has 3 heterocycles. The molecular weight excluding hydrogens is 314 g/mol. The fourth-order valence-corrected chi connectivity index (χ4v) is 2.67. The highest BCUT2D eigenvalue weighted by Gasteiger charge is 2.17. The lowest BCUT2D eigenvalue weighted by molar-refractivity contribution is 0.102. The van der Waals surface area contributed by atoms with Gasteiger partial charge in [0, 0.05) is 18.0 Å². The molecule has 6 heteroatoms. The summed E-state index contributed by atoms with van der Waals surface area (Å²) < 4.78 is 1.68. The number of rotatable bonds is 3. The number of fused-ring (bicyclic) bond motifs is 1. The largest absolute Gasteiger partial charge is 0.306 e. The maximum atomic E-state index is 12.6. The summed E-state index contributed by atoms with van der Waals surface area (Å²) in [6, 6.07) is 15.5. The van der Waals surface area contributed by atoms with Crippen molar-refractivity contribution in [1.29, 1.82) is 0 Å². The van der Waals surface area contributed by atoms with Gasteiger partial charge < -0.3 is 5.32 Å². The van der Waals surface area contributed by atoms with Crippen LogP contribution in [0, 0.1) is 6.92 Å². The molecule has 3 aromatic heterocycles. The molecule has 1 amide bonds. The third kappa shape index (κ3) is 2.74. The van der Waals surface area contributed by atoms with E-state index in [9.17, 15) is 4.79 Å². The Morgan fingerprint density at radius 3 is 2.64 bits per heavy atom. The van der Waals surface area contributed by atoms with Crippen LogP contribution in [0.1, 0.15) is 15.9 Å². The highest BCUT2D eigenvalue weighted by atomic mass is 16.1. The van der Waals surface area contributed by atoms with Crippen molar-refractivity contribution in [1.82, 2.24) is 19.6 Å². The van der Waals surface area contributed by atoms with E-state index in [4.69, 9.17) is 0 Å². The molecule has 0 aliphatic heterocycles. The van der Waals surface area contributed by atoms with Crippen molar-refractivity contribution in [3.63, 3.8) is 0 Å². The zero-order valence-electron chi connectivity index (χ0n) is 13.5. The van der Waals surface area contributed by atoms with E-state index in [1.165, 1.54) is 6.20 Å². The summed E-state index contributed by atoms with van der Waals surface area (Å²) in [5, 5.41) is 7.17. The molecule has 0 radical (unpaired) electrons. The number of anilines is 1. The summed E-state index contributed by atoms with van der Waals surface area (Å²) in [5.74, 6) is 0.251. The van der Waals surface area contributed by atoms with E-state index in [0.717, 1.165) is 16.8 Å². The molecule has 0 unspecified atom stereocenters. The lowest BCUT2D eigenvalue weighted by atomic mass is 10.1. The highest BCUT2D eigenvalue weighted by molar-refractivity contribution is 6.08. The highest BCUT2D eigenvalue weighted by Crippen LogP contribution is 2.21. The Hall–Kier alpha value is -3.54. The van der Waals surface area contributed by atoms with Crippen LogP contribution < -0.4 is 5.32 Å². The molecule has 122 valence electrons. The Kier molecular flexibility index (Phi) is 3.70. The lowest BCUT2D eigenvalue weighted by Crippen LogP contribution is -2.14. The van der Waals surface area contributed by atoms with Crippen molar-refractivity contribution < 1.29 is 4.79 Å². The number of hydrogen-bond acceptors (Lipinski definition) is 4. The van der Waals surface area contributed by atoms with Crippen LogP contribution in [0.3, 0.4) is 0 Å². The second-order valence-electron chi connectivity index (χ2n) is 5.61. The molecule has 0 aliphatic carbocycles. The van der Waals surface area contributed by atoms with Crippen LogP contribution in [0.25, 0.3) is 16.9 Å². The van der Waals surface area contributed by atoms with Crippen molar-refractivity contribution in [2.24, 2.45) is 0 Å². The number of aromatic nitrogens is 4. The van der Waals surface area contributed by atoms with Crippen molar-refractivity contribution in [3.8, 4) is 11.3 Å². The summed E-state index contributed by atoms with van der Waals surface area (Å²) in [5.41, 5.74) is 3.68. The summed E-state index contributed by atoms with van der Waals surface area (Å²) in [6.45, 7) is 1.89. The van der Waals surface area contributed by atoms with Gasteiger partial charge in [0.15, 0.2) is 5.65 Å². The number of nitrogens with zero attached hydrogens (tertiary/aromatic N) is 4. The van der Waals surface area contributed by atoms with Gasteiger partial charge >= 0.3 is 0 Å². The Morgan fingerprint density at radius 1 is 1.00 bits per heavy atom. The van der Waals surface area contributed by atoms with E-state index in [1.54, 1.807) is 16.9 Å². The smallest absolute Gasteiger partial charge is 0.262 e. The predicted molar refractivity (Wildman–Crippen MR) is 95.4 cm³/mol. The summed E-state index contributed by atoms with van der Waals surface area (Å²) in [6.07, 6.45) is 4.86. The van der Waals surface area contributed by atoms with Crippen LogP contribution >= 0.6 is 0 Å². The van der Waals surface area contributed by atoms with Crippen LogP contribution in [0.4, 0.5) is 5.82 Å². The Bertz CT molecular complexity index is 1060. The van der Waals surface area contributed by atoms with Gasteiger partial charge in [0.2, 0.25) is 0 Å². The molecule has 0 bridgehead atoms. The van der Waals surface area contributed by atoms with E-state index >= 15 is 0 Å². The number of pyridine rings is 1. The minimum absolute atomic E-state index is 0.283. The molecule has 25 heavy (non-hydrogen) atoms. The van der Waals surface area contributed by atoms with Crippen molar-refractivity contribution in [2.45, 2.75) is 6.92 Å². The average molecular weight is 329 g/mol. The summed E-state index contributed by atoms with van der Waals surface area (Å²) in [4.78, 5) is 21.2. The molecule has 0 aliphatic rings. The molecule has 0 saturated heterocycles. The second kappa shape index (κ2) is 6.16. The van der Waals surface area contributed by atoms with Crippen LogP contribution in [0.15, 0.2) is 67.1 Å².